The highest BCUT2D eigenvalue weighted by Crippen LogP contribution is 2.25. The van der Waals surface area contributed by atoms with Crippen molar-refractivity contribution in [2.24, 2.45) is 5.92 Å². The second kappa shape index (κ2) is 7.36. The molecule has 1 N–H and O–H groups in total. The zero-order valence-electron chi connectivity index (χ0n) is 12.6. The highest BCUT2D eigenvalue weighted by Gasteiger charge is 2.19. The lowest BCUT2D eigenvalue weighted by Gasteiger charge is -2.24. The van der Waals surface area contributed by atoms with Crippen LogP contribution in [-0.2, 0) is 4.74 Å². The van der Waals surface area contributed by atoms with Gasteiger partial charge in [-0.05, 0) is 31.0 Å². The van der Waals surface area contributed by atoms with Gasteiger partial charge >= 0.3 is 0 Å². The van der Waals surface area contributed by atoms with Gasteiger partial charge in [0.15, 0.2) is 0 Å². The minimum Gasteiger partial charge on any atom is -0.385 e. The van der Waals surface area contributed by atoms with Crippen LogP contribution in [0.3, 0.4) is 0 Å². The van der Waals surface area contributed by atoms with Crippen LogP contribution in [0.25, 0.3) is 10.9 Å². The van der Waals surface area contributed by atoms with E-state index >= 15 is 0 Å². The molecule has 2 atom stereocenters. The fraction of sp³-hybridized carbons (Fsp3) is 0.471. The van der Waals surface area contributed by atoms with Crippen molar-refractivity contribution in [1.29, 1.82) is 0 Å². The summed E-state index contributed by atoms with van der Waals surface area (Å²) in [5.41, 5.74) is 2.18. The lowest BCUT2D eigenvalue weighted by atomic mass is 9.95. The number of para-hydroxylation sites is 1. The number of nitrogens with zero attached hydrogens (tertiary/aromatic N) is 1. The molecule has 0 radical (unpaired) electrons. The van der Waals surface area contributed by atoms with Gasteiger partial charge in [-0.15, -0.1) is 0 Å². The van der Waals surface area contributed by atoms with E-state index in [9.17, 15) is 0 Å². The fourth-order valence-corrected chi connectivity index (χ4v) is 2.54. The Hall–Kier alpha value is -1.45. The zero-order valence-corrected chi connectivity index (χ0v) is 12.6. The van der Waals surface area contributed by atoms with Crippen LogP contribution < -0.4 is 5.32 Å². The number of fused-ring (bicyclic) bond motifs is 1. The Labute approximate surface area is 121 Å². The molecule has 3 nitrogen and oxygen atoms in total. The molecule has 3 heteroatoms. The standard InChI is InChI=1S/C17H24N2O/c1-4-18-17(13(2)11-12-20-3)16-10-9-14-7-5-6-8-15(14)19-16/h5-10,13,17-18H,4,11-12H2,1-3H3. The largest absolute Gasteiger partial charge is 0.385 e. The highest BCUT2D eigenvalue weighted by molar-refractivity contribution is 5.78. The zero-order chi connectivity index (χ0) is 14.4. The van der Waals surface area contributed by atoms with E-state index in [-0.39, 0.29) is 6.04 Å². The lowest BCUT2D eigenvalue weighted by molar-refractivity contribution is 0.170. The van der Waals surface area contributed by atoms with Crippen molar-refractivity contribution in [3.8, 4) is 0 Å². The van der Waals surface area contributed by atoms with E-state index in [0.717, 1.165) is 30.8 Å². The summed E-state index contributed by atoms with van der Waals surface area (Å²) in [6.45, 7) is 6.12. The van der Waals surface area contributed by atoms with Crippen molar-refractivity contribution in [1.82, 2.24) is 10.3 Å². The number of pyridine rings is 1. The Morgan fingerprint density at radius 2 is 2.00 bits per heavy atom. The molecule has 0 saturated heterocycles. The molecule has 1 aromatic heterocycles. The van der Waals surface area contributed by atoms with Gasteiger partial charge in [0.1, 0.15) is 0 Å². The highest BCUT2D eigenvalue weighted by atomic mass is 16.5. The van der Waals surface area contributed by atoms with Crippen molar-refractivity contribution in [3.63, 3.8) is 0 Å². The maximum absolute atomic E-state index is 5.20. The van der Waals surface area contributed by atoms with Gasteiger partial charge in [-0.25, -0.2) is 0 Å². The van der Waals surface area contributed by atoms with E-state index in [1.807, 2.05) is 12.1 Å². The van der Waals surface area contributed by atoms with Crippen molar-refractivity contribution >= 4 is 10.9 Å². The second-order valence-corrected chi connectivity index (χ2v) is 5.22. The Morgan fingerprint density at radius 1 is 1.20 bits per heavy atom. The van der Waals surface area contributed by atoms with Gasteiger partial charge in [-0.3, -0.25) is 4.98 Å². The van der Waals surface area contributed by atoms with Gasteiger partial charge in [-0.1, -0.05) is 38.1 Å². The Kier molecular flexibility index (Phi) is 5.50. The maximum atomic E-state index is 5.20. The van der Waals surface area contributed by atoms with Crippen LogP contribution in [0.5, 0.6) is 0 Å². The monoisotopic (exact) mass is 272 g/mol. The third kappa shape index (κ3) is 3.56. The van der Waals surface area contributed by atoms with Crippen LogP contribution in [-0.4, -0.2) is 25.2 Å². The second-order valence-electron chi connectivity index (χ2n) is 5.22. The van der Waals surface area contributed by atoms with Gasteiger partial charge in [0.2, 0.25) is 0 Å². The molecule has 20 heavy (non-hydrogen) atoms. The van der Waals surface area contributed by atoms with E-state index in [1.54, 1.807) is 7.11 Å². The molecule has 2 rings (SSSR count). The molecule has 2 aromatic rings. The van der Waals surface area contributed by atoms with Crippen molar-refractivity contribution in [2.75, 3.05) is 20.3 Å². The minimum atomic E-state index is 0.278. The summed E-state index contributed by atoms with van der Waals surface area (Å²) in [5, 5.41) is 4.74. The van der Waals surface area contributed by atoms with Gasteiger partial charge in [0.05, 0.1) is 17.3 Å². The van der Waals surface area contributed by atoms with Crippen molar-refractivity contribution in [3.05, 3.63) is 42.1 Å². The summed E-state index contributed by atoms with van der Waals surface area (Å²) in [6.07, 6.45) is 1.03. The quantitative estimate of drug-likeness (QED) is 0.837. The first kappa shape index (κ1) is 14.9. The van der Waals surface area contributed by atoms with Crippen LogP contribution in [0.15, 0.2) is 36.4 Å². The number of benzene rings is 1. The van der Waals surface area contributed by atoms with E-state index in [1.165, 1.54) is 5.39 Å². The van der Waals surface area contributed by atoms with Crippen LogP contribution in [0.1, 0.15) is 32.0 Å². The topological polar surface area (TPSA) is 34.2 Å². The van der Waals surface area contributed by atoms with Gasteiger partial charge in [-0.2, -0.15) is 0 Å². The summed E-state index contributed by atoms with van der Waals surface area (Å²) in [6, 6.07) is 12.8. The number of aromatic nitrogens is 1. The summed E-state index contributed by atoms with van der Waals surface area (Å²) in [7, 11) is 1.75. The number of hydrogen-bond acceptors (Lipinski definition) is 3. The molecule has 0 saturated carbocycles. The molecule has 0 bridgehead atoms. The third-order valence-corrected chi connectivity index (χ3v) is 3.71. The third-order valence-electron chi connectivity index (χ3n) is 3.71. The predicted octanol–water partition coefficient (Wildman–Crippen LogP) is 3.56. The number of ether oxygens (including phenoxy) is 1. The van der Waals surface area contributed by atoms with Crippen molar-refractivity contribution in [2.45, 2.75) is 26.3 Å². The number of hydrogen-bond donors (Lipinski definition) is 1. The van der Waals surface area contributed by atoms with E-state index < -0.39 is 0 Å². The molecule has 0 amide bonds. The number of rotatable bonds is 7. The summed E-state index contributed by atoms with van der Waals surface area (Å²) < 4.78 is 5.20. The Balaban J connectivity index is 2.25. The average molecular weight is 272 g/mol. The summed E-state index contributed by atoms with van der Waals surface area (Å²) in [5.74, 6) is 0.489. The molecule has 0 aliphatic rings. The van der Waals surface area contributed by atoms with E-state index in [2.05, 4.69) is 43.4 Å². The van der Waals surface area contributed by atoms with E-state index in [4.69, 9.17) is 9.72 Å². The van der Waals surface area contributed by atoms with Crippen LogP contribution in [0, 0.1) is 5.92 Å². The summed E-state index contributed by atoms with van der Waals surface area (Å²) >= 11 is 0. The molecule has 0 spiro atoms. The SMILES string of the molecule is CCNC(c1ccc2ccccc2n1)C(C)CCOC. The Morgan fingerprint density at radius 3 is 2.75 bits per heavy atom. The molecule has 0 aliphatic carbocycles. The molecule has 0 fully saturated rings. The van der Waals surface area contributed by atoms with Crippen LogP contribution in [0.2, 0.25) is 0 Å². The molecule has 1 aromatic carbocycles. The molecular formula is C17H24N2O. The lowest BCUT2D eigenvalue weighted by Crippen LogP contribution is -2.28. The normalized spacial score (nSPS) is 14.3. The van der Waals surface area contributed by atoms with Gasteiger partial charge < -0.3 is 10.1 Å². The molecule has 2 unspecified atom stereocenters. The first-order chi connectivity index (χ1) is 9.76. The first-order valence-corrected chi connectivity index (χ1v) is 7.34. The fourth-order valence-electron chi connectivity index (χ4n) is 2.54. The summed E-state index contributed by atoms with van der Waals surface area (Å²) in [4.78, 5) is 4.82. The number of methoxy groups -OCH3 is 1. The predicted molar refractivity (Wildman–Crippen MR) is 83.8 cm³/mol. The van der Waals surface area contributed by atoms with Gasteiger partial charge in [0, 0.05) is 19.1 Å². The molecular weight excluding hydrogens is 248 g/mol. The van der Waals surface area contributed by atoms with Gasteiger partial charge in [0.25, 0.3) is 0 Å². The minimum absolute atomic E-state index is 0.278. The first-order valence-electron chi connectivity index (χ1n) is 7.34. The molecule has 1 heterocycles. The Bertz CT molecular complexity index is 541. The van der Waals surface area contributed by atoms with Crippen LogP contribution >= 0.6 is 0 Å². The number of nitrogens with one attached hydrogen (secondary N) is 1. The van der Waals surface area contributed by atoms with Crippen molar-refractivity contribution < 1.29 is 4.74 Å². The maximum Gasteiger partial charge on any atom is 0.0706 e. The van der Waals surface area contributed by atoms with Crippen LogP contribution in [0.4, 0.5) is 0 Å². The molecule has 0 aliphatic heterocycles. The molecule has 108 valence electrons. The smallest absolute Gasteiger partial charge is 0.0706 e. The average Bonchev–Trinajstić information content (AvgIpc) is 2.49. The van der Waals surface area contributed by atoms with E-state index in [0.29, 0.717) is 5.92 Å².